The molecular formula is C13H20F2O6S2. The van der Waals surface area contributed by atoms with E-state index in [0.29, 0.717) is 18.3 Å². The summed E-state index contributed by atoms with van der Waals surface area (Å²) in [7, 11) is -5.24. The van der Waals surface area contributed by atoms with Crippen molar-refractivity contribution in [2.24, 2.45) is 17.3 Å². The van der Waals surface area contributed by atoms with Gasteiger partial charge in [0.25, 0.3) is 0 Å². The summed E-state index contributed by atoms with van der Waals surface area (Å²) >= 11 is 0. The second-order valence-corrected chi connectivity index (χ2v) is 8.57. The zero-order valence-corrected chi connectivity index (χ0v) is 14.2. The van der Waals surface area contributed by atoms with Crippen molar-refractivity contribution < 1.29 is 36.0 Å². The van der Waals surface area contributed by atoms with Gasteiger partial charge in [-0.15, -0.1) is 0 Å². The Hall–Kier alpha value is -0.610. The molecule has 2 atom stereocenters. The predicted octanol–water partition coefficient (Wildman–Crippen LogP) is 2.14. The van der Waals surface area contributed by atoms with Gasteiger partial charge in [0.15, 0.2) is 0 Å². The zero-order valence-electron chi connectivity index (χ0n) is 12.3. The summed E-state index contributed by atoms with van der Waals surface area (Å²) < 4.78 is 54.3. The van der Waals surface area contributed by atoms with Crippen molar-refractivity contribution in [3.8, 4) is 0 Å². The van der Waals surface area contributed by atoms with E-state index in [0.717, 1.165) is 32.1 Å². The fraction of sp³-hybridized carbons (Fsp3) is 0.923. The summed E-state index contributed by atoms with van der Waals surface area (Å²) in [4.78, 5) is 11.3. The summed E-state index contributed by atoms with van der Waals surface area (Å²) in [6.45, 7) is -0.111. The highest BCUT2D eigenvalue weighted by molar-refractivity contribution is 7.87. The first-order chi connectivity index (χ1) is 10.1. The number of hydrogen-bond donors (Lipinski definition) is 1. The molecule has 23 heavy (non-hydrogen) atoms. The maximum atomic E-state index is 12.1. The van der Waals surface area contributed by atoms with E-state index in [1.807, 2.05) is 0 Å². The molecule has 0 aromatic carbocycles. The largest absolute Gasteiger partial charge is 0.524 e. The number of ether oxygens (including phenoxy) is 1. The van der Waals surface area contributed by atoms with E-state index < -0.39 is 33.0 Å². The normalized spacial score (nSPS) is 38.3. The highest BCUT2D eigenvalue weighted by Crippen LogP contribution is 2.61. The van der Waals surface area contributed by atoms with Crippen LogP contribution in [0.4, 0.5) is 13.6 Å². The van der Waals surface area contributed by atoms with Crippen molar-refractivity contribution in [2.75, 3.05) is 6.61 Å². The smallest absolute Gasteiger partial charge is 0.433 e. The Morgan fingerprint density at radius 3 is 2.26 bits per heavy atom. The van der Waals surface area contributed by atoms with Crippen molar-refractivity contribution in [3.63, 3.8) is 0 Å². The first-order valence-electron chi connectivity index (χ1n) is 7.22. The molecule has 2 unspecified atom stereocenters. The Morgan fingerprint density at radius 2 is 1.78 bits per heavy atom. The van der Waals surface area contributed by atoms with Gasteiger partial charge >= 0.3 is 22.0 Å². The standard InChI is InChI=1S/C13H18F2O6S.H2S/c14-10(15)22(18,19)21-11(16)20-7-12-2-8-1-9(3-12)5-13(17,4-8)6-12;/h8-10,17H,1-7H2;1H2. The Labute approximate surface area is 140 Å². The summed E-state index contributed by atoms with van der Waals surface area (Å²) in [6.07, 6.45) is 2.98. The van der Waals surface area contributed by atoms with Gasteiger partial charge in [-0.25, -0.2) is 4.79 Å². The van der Waals surface area contributed by atoms with Gasteiger partial charge in [-0.3, -0.25) is 0 Å². The van der Waals surface area contributed by atoms with Crippen molar-refractivity contribution in [1.29, 1.82) is 0 Å². The fourth-order valence-corrected chi connectivity index (χ4v) is 5.25. The van der Waals surface area contributed by atoms with Crippen LogP contribution in [0.3, 0.4) is 0 Å². The van der Waals surface area contributed by atoms with Crippen LogP contribution >= 0.6 is 13.5 Å². The Balaban J connectivity index is 0.00000192. The van der Waals surface area contributed by atoms with Crippen molar-refractivity contribution in [1.82, 2.24) is 0 Å². The average molecular weight is 374 g/mol. The molecule has 4 aliphatic rings. The number of carbonyl (C=O) groups excluding carboxylic acids is 1. The van der Waals surface area contributed by atoms with Gasteiger partial charge in [0.2, 0.25) is 0 Å². The monoisotopic (exact) mass is 374 g/mol. The molecule has 4 rings (SSSR count). The lowest BCUT2D eigenvalue weighted by Crippen LogP contribution is -2.57. The molecule has 4 fully saturated rings. The predicted molar refractivity (Wildman–Crippen MR) is 79.8 cm³/mol. The van der Waals surface area contributed by atoms with Crippen molar-refractivity contribution >= 4 is 29.8 Å². The minimum atomic E-state index is -5.24. The number of hydrogen-bond acceptors (Lipinski definition) is 6. The molecule has 0 radical (unpaired) electrons. The molecule has 6 nitrogen and oxygen atoms in total. The van der Waals surface area contributed by atoms with Crippen LogP contribution in [0.5, 0.6) is 0 Å². The van der Waals surface area contributed by atoms with Gasteiger partial charge in [-0.2, -0.15) is 30.7 Å². The maximum Gasteiger partial charge on any atom is 0.524 e. The van der Waals surface area contributed by atoms with E-state index in [4.69, 9.17) is 4.74 Å². The van der Waals surface area contributed by atoms with E-state index in [1.54, 1.807) is 0 Å². The van der Waals surface area contributed by atoms with Gasteiger partial charge in [0.05, 0.1) is 5.60 Å². The highest BCUT2D eigenvalue weighted by Gasteiger charge is 2.57. The third kappa shape index (κ3) is 3.74. The molecule has 134 valence electrons. The van der Waals surface area contributed by atoms with Crippen LogP contribution in [0.15, 0.2) is 0 Å². The number of halogens is 2. The molecule has 0 amide bonds. The SMILES string of the molecule is O=C(OCC12CC3CC(CC(O)(C3)C1)C2)OS(=O)(=O)C(F)F.S. The number of carbonyl (C=O) groups is 1. The third-order valence-electron chi connectivity index (χ3n) is 5.05. The molecule has 4 saturated carbocycles. The van der Waals surface area contributed by atoms with Gasteiger partial charge < -0.3 is 14.0 Å². The quantitative estimate of drug-likeness (QED) is 0.599. The lowest BCUT2D eigenvalue weighted by Gasteiger charge is -2.59. The van der Waals surface area contributed by atoms with Crippen LogP contribution < -0.4 is 0 Å². The van der Waals surface area contributed by atoms with Gasteiger partial charge in [0.1, 0.15) is 6.61 Å². The van der Waals surface area contributed by atoms with Crippen LogP contribution in [0.25, 0.3) is 0 Å². The lowest BCUT2D eigenvalue weighted by atomic mass is 9.48. The number of alkyl halides is 2. The fourth-order valence-electron chi connectivity index (χ4n) is 4.94. The molecule has 0 saturated heterocycles. The second kappa shape index (κ2) is 6.03. The summed E-state index contributed by atoms with van der Waals surface area (Å²) in [6, 6.07) is 0. The van der Waals surface area contributed by atoms with E-state index in [-0.39, 0.29) is 20.1 Å². The van der Waals surface area contributed by atoms with Crippen LogP contribution in [0, 0.1) is 17.3 Å². The first-order valence-corrected chi connectivity index (χ1v) is 8.69. The molecule has 0 aromatic heterocycles. The number of aliphatic hydroxyl groups is 1. The minimum absolute atomic E-state index is 0. The van der Waals surface area contributed by atoms with Crippen LogP contribution in [-0.2, 0) is 19.0 Å². The summed E-state index contributed by atoms with van der Waals surface area (Å²) in [5.74, 6) is -3.05. The lowest BCUT2D eigenvalue weighted by molar-refractivity contribution is -0.176. The van der Waals surface area contributed by atoms with Crippen LogP contribution in [-0.4, -0.2) is 37.6 Å². The average Bonchev–Trinajstić information content (AvgIpc) is 2.32. The molecule has 1 N–H and O–H groups in total. The zero-order chi connectivity index (χ0) is 16.2. The molecule has 4 aliphatic carbocycles. The van der Waals surface area contributed by atoms with Crippen LogP contribution in [0.1, 0.15) is 38.5 Å². The summed E-state index contributed by atoms with van der Waals surface area (Å²) in [5, 5.41) is 10.5. The molecule has 4 bridgehead atoms. The van der Waals surface area contributed by atoms with Crippen molar-refractivity contribution in [3.05, 3.63) is 0 Å². The third-order valence-corrected chi connectivity index (χ3v) is 5.85. The molecule has 0 heterocycles. The van der Waals surface area contributed by atoms with E-state index in [1.165, 1.54) is 0 Å². The minimum Gasteiger partial charge on any atom is -0.433 e. The van der Waals surface area contributed by atoms with Gasteiger partial charge in [-0.1, -0.05) is 0 Å². The topological polar surface area (TPSA) is 89.9 Å². The van der Waals surface area contributed by atoms with Crippen molar-refractivity contribution in [2.45, 2.75) is 49.9 Å². The second-order valence-electron chi connectivity index (χ2n) is 7.06. The Kier molecular flexibility index (Phi) is 4.91. The Morgan fingerprint density at radius 1 is 1.22 bits per heavy atom. The molecule has 0 spiro atoms. The van der Waals surface area contributed by atoms with E-state index in [9.17, 15) is 27.1 Å². The summed E-state index contributed by atoms with van der Waals surface area (Å²) in [5.41, 5.74) is -1.14. The molecular weight excluding hydrogens is 354 g/mol. The van der Waals surface area contributed by atoms with Gasteiger partial charge in [0, 0.05) is 5.41 Å². The highest BCUT2D eigenvalue weighted by atomic mass is 32.2. The Bertz CT molecular complexity index is 565. The molecule has 10 heteroatoms. The van der Waals surface area contributed by atoms with E-state index >= 15 is 0 Å². The first kappa shape index (κ1) is 18.7. The van der Waals surface area contributed by atoms with Gasteiger partial charge in [-0.05, 0) is 50.4 Å². The number of rotatable bonds is 4. The molecule has 0 aliphatic heterocycles. The van der Waals surface area contributed by atoms with E-state index in [2.05, 4.69) is 4.18 Å². The maximum absolute atomic E-state index is 12.1. The molecule has 0 aromatic rings. The van der Waals surface area contributed by atoms with Crippen LogP contribution in [0.2, 0.25) is 0 Å².